The third-order valence-electron chi connectivity index (χ3n) is 3.70. The highest BCUT2D eigenvalue weighted by atomic mass is 32.2. The van der Waals surface area contributed by atoms with Crippen molar-refractivity contribution in [2.45, 2.75) is 5.25 Å². The van der Waals surface area contributed by atoms with Gasteiger partial charge in [0, 0.05) is 17.4 Å². The molecule has 0 saturated carbocycles. The molecule has 0 aliphatic carbocycles. The van der Waals surface area contributed by atoms with Gasteiger partial charge in [-0.2, -0.15) is 0 Å². The summed E-state index contributed by atoms with van der Waals surface area (Å²) < 4.78 is 24.7. The Morgan fingerprint density at radius 3 is 1.37 bits per heavy atom. The van der Waals surface area contributed by atoms with Gasteiger partial charge >= 0.3 is 11.9 Å². The third-order valence-corrected chi connectivity index (χ3v) is 5.07. The van der Waals surface area contributed by atoms with Crippen LogP contribution in [0.25, 0.3) is 0 Å². The van der Waals surface area contributed by atoms with Crippen molar-refractivity contribution >= 4 is 21.8 Å². The van der Waals surface area contributed by atoms with E-state index < -0.39 is 72.3 Å². The fourth-order valence-corrected chi connectivity index (χ4v) is 3.92. The zero-order chi connectivity index (χ0) is 20.7. The number of aromatic hydroxyl groups is 4. The highest BCUT2D eigenvalue weighted by molar-refractivity contribution is 7.91. The van der Waals surface area contributed by atoms with E-state index in [1.165, 1.54) is 0 Å². The summed E-state index contributed by atoms with van der Waals surface area (Å²) in [4.78, 5) is 22.4. The number of sulfone groups is 1. The van der Waals surface area contributed by atoms with Crippen LogP contribution in [0.5, 0.6) is 23.0 Å². The third kappa shape index (κ3) is 3.72. The van der Waals surface area contributed by atoms with Gasteiger partial charge in [0.05, 0.1) is 0 Å². The van der Waals surface area contributed by atoms with Crippen LogP contribution in [-0.4, -0.2) is 57.3 Å². The molecule has 144 valence electrons. The van der Waals surface area contributed by atoms with Gasteiger partial charge in [0.25, 0.3) is 0 Å². The second kappa shape index (κ2) is 6.68. The monoisotopic (exact) mass is 398 g/mol. The lowest BCUT2D eigenvalue weighted by Crippen LogP contribution is -2.15. The van der Waals surface area contributed by atoms with Crippen molar-refractivity contribution in [3.63, 3.8) is 0 Å². The highest BCUT2D eigenvalue weighted by Crippen LogP contribution is 2.44. The molecule has 0 amide bonds. The Labute approximate surface area is 152 Å². The van der Waals surface area contributed by atoms with Crippen molar-refractivity contribution in [2.75, 3.05) is 6.26 Å². The van der Waals surface area contributed by atoms with Gasteiger partial charge in [-0.3, -0.25) is 0 Å². The van der Waals surface area contributed by atoms with Crippen molar-refractivity contribution in [3.8, 4) is 23.0 Å². The Kier molecular flexibility index (Phi) is 4.91. The minimum atomic E-state index is -4.26. The Balaban J connectivity index is 2.94. The first-order valence-electron chi connectivity index (χ1n) is 7.11. The van der Waals surface area contributed by atoms with Gasteiger partial charge in [-0.05, 0) is 24.3 Å². The molecule has 0 aliphatic rings. The average Bonchev–Trinajstić information content (AvgIpc) is 2.51. The largest absolute Gasteiger partial charge is 0.508 e. The summed E-state index contributed by atoms with van der Waals surface area (Å²) in [7, 11) is -4.26. The van der Waals surface area contributed by atoms with E-state index in [9.17, 15) is 38.4 Å². The van der Waals surface area contributed by atoms with Crippen LogP contribution in [0, 0.1) is 0 Å². The highest BCUT2D eigenvalue weighted by Gasteiger charge is 2.34. The molecule has 0 heterocycles. The molecule has 0 aromatic heterocycles. The van der Waals surface area contributed by atoms with Crippen LogP contribution in [0.15, 0.2) is 24.3 Å². The molecule has 2 aromatic carbocycles. The van der Waals surface area contributed by atoms with Crippen LogP contribution in [0.4, 0.5) is 0 Å². The summed E-state index contributed by atoms with van der Waals surface area (Å²) in [5, 5.41) is 56.1. The van der Waals surface area contributed by atoms with Gasteiger partial charge < -0.3 is 30.6 Å². The molecule has 0 unspecified atom stereocenters. The van der Waals surface area contributed by atoms with E-state index >= 15 is 0 Å². The fraction of sp³-hybridized carbons (Fsp3) is 0.125. The van der Waals surface area contributed by atoms with Crippen LogP contribution >= 0.6 is 0 Å². The standard InChI is InChI=1S/C16H14O10S/c1-27(25,26)14(8-2-6(17)4-10(12(8)19)15(21)22)9-3-7(18)5-11(13(9)20)16(23)24/h2-5,14,17-20H,1H3,(H,21,22)(H,23,24). The second-order valence-corrected chi connectivity index (χ2v) is 7.81. The number of aromatic carboxylic acids is 2. The predicted molar refractivity (Wildman–Crippen MR) is 90.1 cm³/mol. The van der Waals surface area contributed by atoms with E-state index in [2.05, 4.69) is 0 Å². The maximum absolute atomic E-state index is 12.3. The lowest BCUT2D eigenvalue weighted by atomic mass is 9.97. The molecule has 10 nitrogen and oxygen atoms in total. The molecule has 0 aliphatic heterocycles. The summed E-state index contributed by atoms with van der Waals surface area (Å²) >= 11 is 0. The molecule has 0 spiro atoms. The Hall–Kier alpha value is -3.47. The van der Waals surface area contributed by atoms with Crippen LogP contribution in [-0.2, 0) is 9.84 Å². The Morgan fingerprint density at radius 2 is 1.11 bits per heavy atom. The van der Waals surface area contributed by atoms with Crippen LogP contribution < -0.4 is 0 Å². The number of carbonyl (C=O) groups is 2. The van der Waals surface area contributed by atoms with Crippen molar-refractivity contribution in [1.82, 2.24) is 0 Å². The van der Waals surface area contributed by atoms with Gasteiger partial charge in [0.1, 0.15) is 39.4 Å². The van der Waals surface area contributed by atoms with E-state index in [-0.39, 0.29) is 0 Å². The number of rotatable bonds is 5. The summed E-state index contributed by atoms with van der Waals surface area (Å²) in [6.45, 7) is 0. The van der Waals surface area contributed by atoms with Crippen LogP contribution in [0.2, 0.25) is 0 Å². The van der Waals surface area contributed by atoms with E-state index in [0.29, 0.717) is 18.4 Å². The van der Waals surface area contributed by atoms with Crippen LogP contribution in [0.1, 0.15) is 37.1 Å². The summed E-state index contributed by atoms with van der Waals surface area (Å²) in [6, 6.07) is 2.89. The molecule has 0 radical (unpaired) electrons. The molecule has 0 bridgehead atoms. The number of phenolic OH excluding ortho intramolecular Hbond substituents is 2. The number of carboxylic acids is 2. The number of carboxylic acid groups (broad SMARTS) is 2. The Morgan fingerprint density at radius 1 is 0.778 bits per heavy atom. The molecular formula is C16H14O10S. The summed E-state index contributed by atoms with van der Waals surface area (Å²) in [5.41, 5.74) is -2.85. The lowest BCUT2D eigenvalue weighted by molar-refractivity contribution is 0.0682. The molecular weight excluding hydrogens is 384 g/mol. The SMILES string of the molecule is CS(=O)(=O)C(c1cc(O)cc(C(=O)O)c1O)c1cc(O)cc(C(=O)O)c1O. The quantitative estimate of drug-likeness (QED) is 0.397. The Bertz CT molecular complexity index is 986. The normalized spacial score (nSPS) is 11.5. The second-order valence-electron chi connectivity index (χ2n) is 5.68. The van der Waals surface area contributed by atoms with Gasteiger partial charge in [0.15, 0.2) is 9.84 Å². The molecule has 27 heavy (non-hydrogen) atoms. The number of hydrogen-bond donors (Lipinski definition) is 6. The van der Waals surface area contributed by atoms with E-state index in [1.54, 1.807) is 0 Å². The predicted octanol–water partition coefficient (Wildman–Crippen LogP) is 1.04. The van der Waals surface area contributed by atoms with E-state index in [1.807, 2.05) is 0 Å². The van der Waals surface area contributed by atoms with Crippen molar-refractivity contribution < 1.29 is 48.6 Å². The van der Waals surface area contributed by atoms with Gasteiger partial charge in [-0.15, -0.1) is 0 Å². The van der Waals surface area contributed by atoms with Crippen LogP contribution in [0.3, 0.4) is 0 Å². The maximum atomic E-state index is 12.3. The first kappa shape index (κ1) is 19.8. The van der Waals surface area contributed by atoms with Gasteiger partial charge in [-0.1, -0.05) is 0 Å². The molecule has 11 heteroatoms. The minimum Gasteiger partial charge on any atom is -0.508 e. The van der Waals surface area contributed by atoms with Gasteiger partial charge in [-0.25, -0.2) is 18.0 Å². The smallest absolute Gasteiger partial charge is 0.339 e. The molecule has 0 fully saturated rings. The number of hydrogen-bond acceptors (Lipinski definition) is 8. The summed E-state index contributed by atoms with van der Waals surface area (Å²) in [6.07, 6.45) is 0.686. The zero-order valence-corrected chi connectivity index (χ0v) is 14.4. The number of phenols is 4. The first-order chi connectivity index (χ1) is 12.3. The molecule has 6 N–H and O–H groups in total. The van der Waals surface area contributed by atoms with Crippen molar-refractivity contribution in [3.05, 3.63) is 46.5 Å². The molecule has 2 rings (SSSR count). The van der Waals surface area contributed by atoms with Crippen molar-refractivity contribution in [2.24, 2.45) is 0 Å². The topological polar surface area (TPSA) is 190 Å². The molecule has 2 aromatic rings. The minimum absolute atomic E-state index is 0.618. The molecule has 0 saturated heterocycles. The maximum Gasteiger partial charge on any atom is 0.339 e. The average molecular weight is 398 g/mol. The fourth-order valence-electron chi connectivity index (χ4n) is 2.64. The lowest BCUT2D eigenvalue weighted by Gasteiger charge is -2.20. The first-order valence-corrected chi connectivity index (χ1v) is 9.07. The summed E-state index contributed by atoms with van der Waals surface area (Å²) in [5.74, 6) is -6.71. The van der Waals surface area contributed by atoms with Gasteiger partial charge in [0.2, 0.25) is 0 Å². The van der Waals surface area contributed by atoms with E-state index in [4.69, 9.17) is 10.2 Å². The van der Waals surface area contributed by atoms with E-state index in [0.717, 1.165) is 12.1 Å². The number of benzene rings is 2. The molecule has 0 atom stereocenters. The van der Waals surface area contributed by atoms with Crippen molar-refractivity contribution in [1.29, 1.82) is 0 Å². The zero-order valence-electron chi connectivity index (χ0n) is 13.6.